The van der Waals surface area contributed by atoms with Crippen molar-refractivity contribution >= 4 is 16.5 Å². The van der Waals surface area contributed by atoms with Gasteiger partial charge in [-0.2, -0.15) is 0 Å². The Morgan fingerprint density at radius 1 is 1.30 bits per heavy atom. The van der Waals surface area contributed by atoms with Crippen LogP contribution in [-0.2, 0) is 12.0 Å². The Morgan fingerprint density at radius 3 is 2.45 bits per heavy atom. The van der Waals surface area contributed by atoms with Crippen molar-refractivity contribution in [2.24, 2.45) is 0 Å². The van der Waals surface area contributed by atoms with Gasteiger partial charge in [0.05, 0.1) is 5.69 Å². The van der Waals surface area contributed by atoms with Gasteiger partial charge in [0.25, 0.3) is 0 Å². The van der Waals surface area contributed by atoms with Crippen LogP contribution in [0.1, 0.15) is 63.9 Å². The van der Waals surface area contributed by atoms with Gasteiger partial charge in [-0.15, -0.1) is 11.3 Å². The van der Waals surface area contributed by atoms with E-state index in [1.54, 1.807) is 0 Å². The van der Waals surface area contributed by atoms with E-state index in [4.69, 9.17) is 4.98 Å². The van der Waals surface area contributed by atoms with E-state index in [0.29, 0.717) is 6.04 Å². The summed E-state index contributed by atoms with van der Waals surface area (Å²) < 4.78 is 0. The van der Waals surface area contributed by atoms with Crippen LogP contribution in [0.5, 0.6) is 0 Å². The number of hydrogen-bond acceptors (Lipinski definition) is 4. The summed E-state index contributed by atoms with van der Waals surface area (Å²) in [6.45, 7) is 11.0. The minimum Gasteiger partial charge on any atom is -0.345 e. The fourth-order valence-corrected chi connectivity index (χ4v) is 4.51. The van der Waals surface area contributed by atoms with Gasteiger partial charge in [0.15, 0.2) is 5.13 Å². The zero-order valence-electron chi connectivity index (χ0n) is 13.6. The van der Waals surface area contributed by atoms with Gasteiger partial charge in [0.2, 0.25) is 0 Å². The van der Waals surface area contributed by atoms with Gasteiger partial charge >= 0.3 is 0 Å². The van der Waals surface area contributed by atoms with E-state index < -0.39 is 0 Å². The van der Waals surface area contributed by atoms with Gasteiger partial charge in [-0.1, -0.05) is 33.6 Å². The first-order valence-corrected chi connectivity index (χ1v) is 8.70. The molecular weight excluding hydrogens is 266 g/mol. The number of hydrogen-bond donors (Lipinski definition) is 1. The lowest BCUT2D eigenvalue weighted by molar-refractivity contribution is 0.559. The van der Waals surface area contributed by atoms with E-state index in [9.17, 15) is 0 Å². The highest BCUT2D eigenvalue weighted by molar-refractivity contribution is 7.15. The van der Waals surface area contributed by atoms with Crippen LogP contribution in [0.4, 0.5) is 5.13 Å². The van der Waals surface area contributed by atoms with Crippen LogP contribution < -0.4 is 10.2 Å². The fourth-order valence-electron chi connectivity index (χ4n) is 3.09. The van der Waals surface area contributed by atoms with Crippen molar-refractivity contribution in [1.29, 1.82) is 0 Å². The van der Waals surface area contributed by atoms with Gasteiger partial charge < -0.3 is 10.2 Å². The summed E-state index contributed by atoms with van der Waals surface area (Å²) in [5.41, 5.74) is 1.39. The molecule has 1 fully saturated rings. The SMILES string of the molecule is CCN(c1nc(C(C)(C)C)c(CNC)s1)C1CCCC1. The standard InChI is InChI=1S/C16H29N3S/c1-6-19(12-9-7-8-10-12)15-18-14(16(2,3)4)13(20-15)11-17-5/h12,17H,6-11H2,1-5H3. The maximum absolute atomic E-state index is 5.02. The molecule has 1 aromatic rings. The third-order valence-electron chi connectivity index (χ3n) is 4.09. The van der Waals surface area contributed by atoms with Crippen LogP contribution in [0.2, 0.25) is 0 Å². The molecule has 3 nitrogen and oxygen atoms in total. The molecule has 0 saturated heterocycles. The molecule has 1 heterocycles. The van der Waals surface area contributed by atoms with E-state index >= 15 is 0 Å². The van der Waals surface area contributed by atoms with Crippen LogP contribution in [0.15, 0.2) is 0 Å². The molecule has 0 aromatic carbocycles. The molecule has 4 heteroatoms. The highest BCUT2D eigenvalue weighted by Crippen LogP contribution is 2.36. The second kappa shape index (κ2) is 6.44. The zero-order valence-corrected chi connectivity index (χ0v) is 14.4. The molecule has 0 atom stereocenters. The second-order valence-corrected chi connectivity index (χ2v) is 7.83. The van der Waals surface area contributed by atoms with Crippen LogP contribution in [0, 0.1) is 0 Å². The zero-order chi connectivity index (χ0) is 14.8. The van der Waals surface area contributed by atoms with E-state index in [0.717, 1.165) is 13.1 Å². The Morgan fingerprint density at radius 2 is 1.95 bits per heavy atom. The Hall–Kier alpha value is -0.610. The van der Waals surface area contributed by atoms with Crippen LogP contribution in [-0.4, -0.2) is 24.6 Å². The minimum absolute atomic E-state index is 0.121. The lowest BCUT2D eigenvalue weighted by Gasteiger charge is -2.27. The largest absolute Gasteiger partial charge is 0.345 e. The molecule has 0 unspecified atom stereocenters. The lowest BCUT2D eigenvalue weighted by Crippen LogP contribution is -2.33. The molecule has 1 saturated carbocycles. The summed E-state index contributed by atoms with van der Waals surface area (Å²) in [5.74, 6) is 0. The Kier molecular flexibility index (Phi) is 5.08. The quantitative estimate of drug-likeness (QED) is 0.892. The minimum atomic E-state index is 0.121. The van der Waals surface area contributed by atoms with Gasteiger partial charge in [0, 0.05) is 29.4 Å². The third kappa shape index (κ3) is 3.34. The van der Waals surface area contributed by atoms with Crippen molar-refractivity contribution in [3.8, 4) is 0 Å². The molecule has 1 aliphatic carbocycles. The van der Waals surface area contributed by atoms with E-state index in [-0.39, 0.29) is 5.41 Å². The number of rotatable bonds is 5. The average molecular weight is 295 g/mol. The van der Waals surface area contributed by atoms with Crippen molar-refractivity contribution in [1.82, 2.24) is 10.3 Å². The van der Waals surface area contributed by atoms with Crippen molar-refractivity contribution in [2.75, 3.05) is 18.5 Å². The van der Waals surface area contributed by atoms with Crippen molar-refractivity contribution in [2.45, 2.75) is 71.4 Å². The maximum Gasteiger partial charge on any atom is 0.186 e. The number of thiazole rings is 1. The van der Waals surface area contributed by atoms with Gasteiger partial charge in [-0.05, 0) is 26.8 Å². The van der Waals surface area contributed by atoms with Crippen LogP contribution in [0.3, 0.4) is 0 Å². The fraction of sp³-hybridized carbons (Fsp3) is 0.812. The van der Waals surface area contributed by atoms with Crippen LogP contribution >= 0.6 is 11.3 Å². The third-order valence-corrected chi connectivity index (χ3v) is 5.18. The molecule has 0 amide bonds. The van der Waals surface area contributed by atoms with Crippen molar-refractivity contribution in [3.05, 3.63) is 10.6 Å². The first-order chi connectivity index (χ1) is 9.47. The molecule has 0 spiro atoms. The molecule has 20 heavy (non-hydrogen) atoms. The van der Waals surface area contributed by atoms with Crippen molar-refractivity contribution in [3.63, 3.8) is 0 Å². The summed E-state index contributed by atoms with van der Waals surface area (Å²) in [5, 5.41) is 4.52. The molecular formula is C16H29N3S. The van der Waals surface area contributed by atoms with E-state index in [1.165, 1.54) is 41.4 Å². The number of nitrogens with one attached hydrogen (secondary N) is 1. The molecule has 2 rings (SSSR count). The second-order valence-electron chi connectivity index (χ2n) is 6.77. The number of aromatic nitrogens is 1. The molecule has 0 aliphatic heterocycles. The molecule has 1 N–H and O–H groups in total. The normalized spacial score (nSPS) is 16.9. The molecule has 1 aliphatic rings. The molecule has 1 aromatic heterocycles. The average Bonchev–Trinajstić information content (AvgIpc) is 3.00. The summed E-state index contributed by atoms with van der Waals surface area (Å²) in [6.07, 6.45) is 5.42. The predicted molar refractivity (Wildman–Crippen MR) is 88.9 cm³/mol. The highest BCUT2D eigenvalue weighted by Gasteiger charge is 2.28. The molecule has 114 valence electrons. The highest BCUT2D eigenvalue weighted by atomic mass is 32.1. The van der Waals surface area contributed by atoms with E-state index in [2.05, 4.69) is 37.9 Å². The predicted octanol–water partition coefficient (Wildman–Crippen LogP) is 3.93. The van der Waals surface area contributed by atoms with Gasteiger partial charge in [-0.3, -0.25) is 0 Å². The summed E-state index contributed by atoms with van der Waals surface area (Å²) in [6, 6.07) is 0.710. The summed E-state index contributed by atoms with van der Waals surface area (Å²) in [4.78, 5) is 8.95. The Bertz CT molecular complexity index is 427. The number of nitrogens with zero attached hydrogens (tertiary/aromatic N) is 2. The number of anilines is 1. The smallest absolute Gasteiger partial charge is 0.186 e. The topological polar surface area (TPSA) is 28.2 Å². The van der Waals surface area contributed by atoms with Crippen LogP contribution in [0.25, 0.3) is 0 Å². The summed E-state index contributed by atoms with van der Waals surface area (Å²) >= 11 is 1.88. The monoisotopic (exact) mass is 295 g/mol. The Balaban J connectivity index is 2.30. The molecule has 0 radical (unpaired) electrons. The first-order valence-electron chi connectivity index (χ1n) is 7.88. The maximum atomic E-state index is 5.02. The van der Waals surface area contributed by atoms with Crippen molar-refractivity contribution < 1.29 is 0 Å². The first kappa shape index (κ1) is 15.8. The molecule has 0 bridgehead atoms. The van der Waals surface area contributed by atoms with Gasteiger partial charge in [0.1, 0.15) is 0 Å². The Labute approximate surface area is 127 Å². The van der Waals surface area contributed by atoms with Gasteiger partial charge in [-0.25, -0.2) is 4.98 Å². The lowest BCUT2D eigenvalue weighted by atomic mass is 9.91. The van der Waals surface area contributed by atoms with E-state index in [1.807, 2.05) is 18.4 Å². The summed E-state index contributed by atoms with van der Waals surface area (Å²) in [7, 11) is 2.01.